The summed E-state index contributed by atoms with van der Waals surface area (Å²) in [5.41, 5.74) is 0.434. The first-order chi connectivity index (χ1) is 13.6. The Kier molecular flexibility index (Phi) is 5.62. The lowest BCUT2D eigenvalue weighted by molar-refractivity contribution is -0.139. The Morgan fingerprint density at radius 3 is 2.32 bits per heavy atom. The van der Waals surface area contributed by atoms with Gasteiger partial charge in [-0.2, -0.15) is 0 Å². The molecule has 6 nitrogen and oxygen atoms in total. The van der Waals surface area contributed by atoms with Crippen molar-refractivity contribution in [3.63, 3.8) is 0 Å². The average molecular weight is 444 g/mol. The van der Waals surface area contributed by atoms with E-state index in [1.165, 1.54) is 0 Å². The van der Waals surface area contributed by atoms with E-state index in [1.807, 2.05) is 29.2 Å². The molecule has 1 saturated heterocycles. The van der Waals surface area contributed by atoms with Crippen molar-refractivity contribution in [1.82, 2.24) is 14.8 Å². The molecular formula is C21H22BrN3O3. The first kappa shape index (κ1) is 18.9. The Labute approximate surface area is 172 Å². The number of nitrogens with zero attached hydrogens (tertiary/aromatic N) is 3. The normalized spacial score (nSPS) is 17.2. The Bertz CT molecular complexity index is 859. The number of pyridine rings is 1. The second kappa shape index (κ2) is 8.31. The third kappa shape index (κ3) is 4.04. The summed E-state index contributed by atoms with van der Waals surface area (Å²) in [6.45, 7) is 2.24. The van der Waals surface area contributed by atoms with Gasteiger partial charge in [0.2, 0.25) is 11.8 Å². The molecule has 1 saturated carbocycles. The van der Waals surface area contributed by atoms with Crippen molar-refractivity contribution in [3.05, 3.63) is 52.6 Å². The predicted molar refractivity (Wildman–Crippen MR) is 108 cm³/mol. The largest absolute Gasteiger partial charge is 0.438 e. The molecule has 1 aliphatic carbocycles. The van der Waals surface area contributed by atoms with Crippen LogP contribution in [0.2, 0.25) is 0 Å². The Morgan fingerprint density at radius 2 is 1.68 bits per heavy atom. The summed E-state index contributed by atoms with van der Waals surface area (Å²) in [6, 6.07) is 10.8. The van der Waals surface area contributed by atoms with E-state index in [9.17, 15) is 9.59 Å². The summed E-state index contributed by atoms with van der Waals surface area (Å²) >= 11 is 3.39. The highest BCUT2D eigenvalue weighted by atomic mass is 79.9. The van der Waals surface area contributed by atoms with E-state index in [1.54, 1.807) is 23.2 Å². The summed E-state index contributed by atoms with van der Waals surface area (Å²) in [5, 5.41) is 0. The summed E-state index contributed by atoms with van der Waals surface area (Å²) < 4.78 is 6.80. The molecule has 4 rings (SSSR count). The zero-order chi connectivity index (χ0) is 19.5. The molecule has 0 unspecified atom stereocenters. The monoisotopic (exact) mass is 443 g/mol. The van der Waals surface area contributed by atoms with Gasteiger partial charge in [-0.3, -0.25) is 9.59 Å². The van der Waals surface area contributed by atoms with Gasteiger partial charge >= 0.3 is 0 Å². The van der Waals surface area contributed by atoms with Gasteiger partial charge in [-0.15, -0.1) is 0 Å². The molecule has 2 aromatic rings. The van der Waals surface area contributed by atoms with Crippen LogP contribution in [0.4, 0.5) is 0 Å². The SMILES string of the molecule is O=C(c1cccnc1Oc1ccc(Br)cc1)N1CCN(C(=O)C2CCC2)CC1. The third-order valence-corrected chi connectivity index (χ3v) is 5.89. The molecule has 1 aromatic carbocycles. The number of carbonyl (C=O) groups excluding carboxylic acids is 2. The molecule has 2 heterocycles. The minimum atomic E-state index is -0.115. The van der Waals surface area contributed by atoms with Gasteiger partial charge in [-0.05, 0) is 49.2 Å². The fourth-order valence-electron chi connectivity index (χ4n) is 3.46. The van der Waals surface area contributed by atoms with Crippen LogP contribution >= 0.6 is 15.9 Å². The topological polar surface area (TPSA) is 62.7 Å². The number of piperazine rings is 1. The average Bonchev–Trinajstić information content (AvgIpc) is 2.68. The van der Waals surface area contributed by atoms with E-state index in [-0.39, 0.29) is 17.7 Å². The van der Waals surface area contributed by atoms with E-state index < -0.39 is 0 Å². The lowest BCUT2D eigenvalue weighted by atomic mass is 9.84. The van der Waals surface area contributed by atoms with Crippen LogP contribution < -0.4 is 4.74 Å². The molecule has 2 aliphatic rings. The molecule has 0 radical (unpaired) electrons. The lowest BCUT2D eigenvalue weighted by Crippen LogP contribution is -2.52. The van der Waals surface area contributed by atoms with Crippen molar-refractivity contribution < 1.29 is 14.3 Å². The van der Waals surface area contributed by atoms with E-state index in [0.717, 1.165) is 23.7 Å². The van der Waals surface area contributed by atoms with Crippen molar-refractivity contribution >= 4 is 27.7 Å². The highest BCUT2D eigenvalue weighted by molar-refractivity contribution is 9.10. The molecule has 146 valence electrons. The highest BCUT2D eigenvalue weighted by Gasteiger charge is 2.32. The number of benzene rings is 1. The number of amides is 2. The van der Waals surface area contributed by atoms with Gasteiger partial charge in [0.1, 0.15) is 11.3 Å². The van der Waals surface area contributed by atoms with Crippen molar-refractivity contribution in [2.45, 2.75) is 19.3 Å². The van der Waals surface area contributed by atoms with Crippen molar-refractivity contribution in [2.24, 2.45) is 5.92 Å². The quantitative estimate of drug-likeness (QED) is 0.721. The molecule has 7 heteroatoms. The molecule has 0 atom stereocenters. The zero-order valence-electron chi connectivity index (χ0n) is 15.5. The lowest BCUT2D eigenvalue weighted by Gasteiger charge is -2.38. The smallest absolute Gasteiger partial charge is 0.259 e. The van der Waals surface area contributed by atoms with Crippen LogP contribution in [0.5, 0.6) is 11.6 Å². The molecule has 2 amide bonds. The summed E-state index contributed by atoms with van der Waals surface area (Å²) in [4.78, 5) is 33.4. The van der Waals surface area contributed by atoms with Gasteiger partial charge in [0.15, 0.2) is 0 Å². The van der Waals surface area contributed by atoms with Crippen LogP contribution in [0.15, 0.2) is 47.1 Å². The van der Waals surface area contributed by atoms with Gasteiger partial charge in [-0.25, -0.2) is 4.98 Å². The number of hydrogen-bond acceptors (Lipinski definition) is 4. The van der Waals surface area contributed by atoms with Crippen LogP contribution in [-0.4, -0.2) is 52.8 Å². The second-order valence-corrected chi connectivity index (χ2v) is 8.07. The number of rotatable bonds is 4. The van der Waals surface area contributed by atoms with Gasteiger partial charge < -0.3 is 14.5 Å². The molecule has 1 aliphatic heterocycles. The van der Waals surface area contributed by atoms with Gasteiger partial charge in [0.05, 0.1) is 0 Å². The maximum absolute atomic E-state index is 13.0. The zero-order valence-corrected chi connectivity index (χ0v) is 17.1. The van der Waals surface area contributed by atoms with E-state index in [4.69, 9.17) is 4.74 Å². The van der Waals surface area contributed by atoms with Gasteiger partial charge in [0.25, 0.3) is 5.91 Å². The Balaban J connectivity index is 1.42. The Hall–Kier alpha value is -2.41. The van der Waals surface area contributed by atoms with Gasteiger partial charge in [-0.1, -0.05) is 22.4 Å². The minimum absolute atomic E-state index is 0.115. The molecule has 2 fully saturated rings. The number of ether oxygens (including phenoxy) is 1. The van der Waals surface area contributed by atoms with Gasteiger partial charge in [0, 0.05) is 42.8 Å². The van der Waals surface area contributed by atoms with Crippen molar-refractivity contribution in [2.75, 3.05) is 26.2 Å². The number of halogens is 1. The summed E-state index contributed by atoms with van der Waals surface area (Å²) in [7, 11) is 0. The maximum atomic E-state index is 13.0. The summed E-state index contributed by atoms with van der Waals surface area (Å²) in [5.74, 6) is 1.25. The van der Waals surface area contributed by atoms with Crippen LogP contribution in [0.1, 0.15) is 29.6 Å². The summed E-state index contributed by atoms with van der Waals surface area (Å²) in [6.07, 6.45) is 4.77. The van der Waals surface area contributed by atoms with Crippen molar-refractivity contribution in [3.8, 4) is 11.6 Å². The van der Waals surface area contributed by atoms with Crippen molar-refractivity contribution in [1.29, 1.82) is 0 Å². The first-order valence-electron chi connectivity index (χ1n) is 9.58. The molecule has 28 heavy (non-hydrogen) atoms. The highest BCUT2D eigenvalue weighted by Crippen LogP contribution is 2.29. The second-order valence-electron chi connectivity index (χ2n) is 7.16. The molecule has 0 N–H and O–H groups in total. The molecule has 1 aromatic heterocycles. The fraction of sp³-hybridized carbons (Fsp3) is 0.381. The molecule has 0 bridgehead atoms. The fourth-order valence-corrected chi connectivity index (χ4v) is 3.73. The number of hydrogen-bond donors (Lipinski definition) is 0. The number of aromatic nitrogens is 1. The van der Waals surface area contributed by atoms with Crippen LogP contribution in [-0.2, 0) is 4.79 Å². The third-order valence-electron chi connectivity index (χ3n) is 5.36. The minimum Gasteiger partial charge on any atom is -0.438 e. The standard InChI is InChI=1S/C21H22BrN3O3/c22-16-6-8-17(9-7-16)28-19-18(5-2-10-23-19)21(27)25-13-11-24(12-14-25)20(26)15-3-1-4-15/h2,5-10,15H,1,3-4,11-14H2. The van der Waals surface area contributed by atoms with Crippen LogP contribution in [0.25, 0.3) is 0 Å². The first-order valence-corrected chi connectivity index (χ1v) is 10.4. The number of carbonyl (C=O) groups is 2. The predicted octanol–water partition coefficient (Wildman–Crippen LogP) is 3.72. The van der Waals surface area contributed by atoms with Crippen LogP contribution in [0.3, 0.4) is 0 Å². The molecule has 0 spiro atoms. The molecular weight excluding hydrogens is 422 g/mol. The van der Waals surface area contributed by atoms with E-state index in [0.29, 0.717) is 43.4 Å². The van der Waals surface area contributed by atoms with Crippen LogP contribution in [0, 0.1) is 5.92 Å². The Morgan fingerprint density at radius 1 is 1.00 bits per heavy atom. The van der Waals surface area contributed by atoms with E-state index in [2.05, 4.69) is 20.9 Å². The van der Waals surface area contributed by atoms with E-state index >= 15 is 0 Å². The maximum Gasteiger partial charge on any atom is 0.259 e.